The molecule has 0 aliphatic carbocycles. The average Bonchev–Trinajstić information content (AvgIpc) is 3.04. The molecule has 0 saturated carbocycles. The van der Waals surface area contributed by atoms with Crippen molar-refractivity contribution in [2.75, 3.05) is 6.61 Å². The van der Waals surface area contributed by atoms with Gasteiger partial charge in [0.05, 0.1) is 6.61 Å². The van der Waals surface area contributed by atoms with Crippen LogP contribution in [0.5, 0.6) is 0 Å². The van der Waals surface area contributed by atoms with E-state index in [1.54, 1.807) is 12.1 Å². The largest absolute Gasteiger partial charge is 0.464 e. The quantitative estimate of drug-likeness (QED) is 0.467. The lowest BCUT2D eigenvalue weighted by Gasteiger charge is -2.07. The van der Waals surface area contributed by atoms with Gasteiger partial charge in [0.2, 0.25) is 0 Å². The molecule has 1 fully saturated rings. The van der Waals surface area contributed by atoms with Crippen LogP contribution in [-0.2, 0) is 19.9 Å². The molecule has 1 aromatic carbocycles. The molecule has 0 unspecified atom stereocenters. The van der Waals surface area contributed by atoms with E-state index in [0.717, 1.165) is 18.4 Å². The van der Waals surface area contributed by atoms with Gasteiger partial charge in [-0.25, -0.2) is 4.79 Å². The van der Waals surface area contributed by atoms with Crippen LogP contribution in [0.3, 0.4) is 0 Å². The number of carbonyl (C=O) groups excluding carboxylic acids is 1. The molecule has 1 aliphatic rings. The molecule has 1 saturated heterocycles. The van der Waals surface area contributed by atoms with Crippen LogP contribution in [0.1, 0.15) is 32.3 Å². The summed E-state index contributed by atoms with van der Waals surface area (Å²) in [5.41, 5.74) is 0.387. The Hall–Kier alpha value is -1.06. The fraction of sp³-hybridized carbons (Fsp3) is 0.500. The van der Waals surface area contributed by atoms with Gasteiger partial charge in [0, 0.05) is 5.02 Å². The Labute approximate surface area is 112 Å². The van der Waals surface area contributed by atoms with Crippen molar-refractivity contribution in [2.24, 2.45) is 0 Å². The van der Waals surface area contributed by atoms with Gasteiger partial charge >= 0.3 is 5.97 Å². The summed E-state index contributed by atoms with van der Waals surface area (Å²) in [4.78, 5) is 11.8. The predicted octanol–water partition coefficient (Wildman–Crippen LogP) is 3.30. The first-order valence-electron chi connectivity index (χ1n) is 6.18. The minimum absolute atomic E-state index is 0.277. The van der Waals surface area contributed by atoms with Crippen LogP contribution < -0.4 is 0 Å². The van der Waals surface area contributed by atoms with Crippen molar-refractivity contribution < 1.29 is 14.3 Å². The van der Waals surface area contributed by atoms with Crippen LogP contribution in [0.15, 0.2) is 24.3 Å². The van der Waals surface area contributed by atoms with Crippen LogP contribution in [0.2, 0.25) is 5.02 Å². The SMILES string of the molecule is CCCCOC(=O)[C@H]1O[C@]1(C)c1ccc(Cl)cc1. The second-order valence-corrected chi connectivity index (χ2v) is 5.07. The maximum Gasteiger partial charge on any atom is 0.338 e. The summed E-state index contributed by atoms with van der Waals surface area (Å²) in [6, 6.07) is 7.34. The zero-order valence-corrected chi connectivity index (χ0v) is 11.4. The molecule has 2 rings (SSSR count). The van der Waals surface area contributed by atoms with E-state index in [1.165, 1.54) is 0 Å². The summed E-state index contributed by atoms with van der Waals surface area (Å²) in [6.45, 7) is 4.41. The molecule has 3 nitrogen and oxygen atoms in total. The van der Waals surface area contributed by atoms with E-state index >= 15 is 0 Å². The first-order valence-corrected chi connectivity index (χ1v) is 6.56. The molecule has 1 heterocycles. The number of ether oxygens (including phenoxy) is 2. The highest BCUT2D eigenvalue weighted by atomic mass is 35.5. The molecule has 1 aliphatic heterocycles. The van der Waals surface area contributed by atoms with Gasteiger partial charge < -0.3 is 9.47 Å². The third-order valence-electron chi connectivity index (χ3n) is 3.18. The Morgan fingerprint density at radius 3 is 2.72 bits per heavy atom. The van der Waals surface area contributed by atoms with Crippen LogP contribution >= 0.6 is 11.6 Å². The van der Waals surface area contributed by atoms with Crippen molar-refractivity contribution in [2.45, 2.75) is 38.4 Å². The zero-order chi connectivity index (χ0) is 13.2. The number of unbranched alkanes of at least 4 members (excludes halogenated alkanes) is 1. The number of epoxide rings is 1. The van der Waals surface area contributed by atoms with Crippen molar-refractivity contribution in [3.63, 3.8) is 0 Å². The topological polar surface area (TPSA) is 38.8 Å². The molecular weight excluding hydrogens is 252 g/mol. The first-order chi connectivity index (χ1) is 8.58. The van der Waals surface area contributed by atoms with Gasteiger partial charge in [-0.05, 0) is 31.0 Å². The second kappa shape index (κ2) is 5.29. The fourth-order valence-electron chi connectivity index (χ4n) is 1.88. The van der Waals surface area contributed by atoms with Crippen LogP contribution in [0.25, 0.3) is 0 Å². The summed E-state index contributed by atoms with van der Waals surface area (Å²) in [6.07, 6.45) is 1.40. The molecule has 4 heteroatoms. The van der Waals surface area contributed by atoms with E-state index in [2.05, 4.69) is 6.92 Å². The van der Waals surface area contributed by atoms with Crippen LogP contribution in [0, 0.1) is 0 Å². The van der Waals surface area contributed by atoms with Gasteiger partial charge in [0.15, 0.2) is 6.10 Å². The number of hydrogen-bond donors (Lipinski definition) is 0. The lowest BCUT2D eigenvalue weighted by molar-refractivity contribution is -0.145. The first kappa shape index (κ1) is 13.4. The Kier molecular flexibility index (Phi) is 3.93. The van der Waals surface area contributed by atoms with Crippen LogP contribution in [-0.4, -0.2) is 18.7 Å². The summed E-state index contributed by atoms with van der Waals surface area (Å²) >= 11 is 5.83. The maximum absolute atomic E-state index is 11.8. The summed E-state index contributed by atoms with van der Waals surface area (Å²) in [5, 5.41) is 0.671. The summed E-state index contributed by atoms with van der Waals surface area (Å²) in [5.74, 6) is -0.277. The Morgan fingerprint density at radius 1 is 1.44 bits per heavy atom. The predicted molar refractivity (Wildman–Crippen MR) is 69.5 cm³/mol. The van der Waals surface area contributed by atoms with Crippen LogP contribution in [0.4, 0.5) is 0 Å². The zero-order valence-electron chi connectivity index (χ0n) is 10.6. The highest BCUT2D eigenvalue weighted by molar-refractivity contribution is 6.30. The molecule has 0 aromatic heterocycles. The number of carbonyl (C=O) groups is 1. The van der Waals surface area contributed by atoms with E-state index in [0.29, 0.717) is 11.6 Å². The average molecular weight is 269 g/mol. The van der Waals surface area contributed by atoms with Crippen molar-refractivity contribution >= 4 is 17.6 Å². The van der Waals surface area contributed by atoms with Gasteiger partial charge in [-0.15, -0.1) is 0 Å². The molecule has 0 N–H and O–H groups in total. The van der Waals surface area contributed by atoms with Gasteiger partial charge in [-0.2, -0.15) is 0 Å². The molecule has 0 bridgehead atoms. The summed E-state index contributed by atoms with van der Waals surface area (Å²) in [7, 11) is 0. The highest BCUT2D eigenvalue weighted by Crippen LogP contribution is 2.46. The smallest absolute Gasteiger partial charge is 0.338 e. The van der Waals surface area contributed by atoms with Gasteiger partial charge in [-0.3, -0.25) is 0 Å². The highest BCUT2D eigenvalue weighted by Gasteiger charge is 2.59. The minimum atomic E-state index is -0.562. The molecule has 1 aromatic rings. The van der Waals surface area contributed by atoms with Crippen molar-refractivity contribution in [3.8, 4) is 0 Å². The molecule has 18 heavy (non-hydrogen) atoms. The van der Waals surface area contributed by atoms with E-state index in [9.17, 15) is 4.79 Å². The summed E-state index contributed by atoms with van der Waals surface area (Å²) < 4.78 is 10.7. The van der Waals surface area contributed by atoms with Crippen molar-refractivity contribution in [1.29, 1.82) is 0 Å². The molecular formula is C14H17ClO3. The number of rotatable bonds is 5. The fourth-order valence-corrected chi connectivity index (χ4v) is 2.00. The normalized spacial score (nSPS) is 25.8. The van der Waals surface area contributed by atoms with E-state index in [1.807, 2.05) is 19.1 Å². The standard InChI is InChI=1S/C14H17ClO3/c1-3-4-9-17-13(16)12-14(2,18-12)10-5-7-11(15)8-6-10/h5-8,12H,3-4,9H2,1-2H3/t12-,14-/m1/s1. The third-order valence-corrected chi connectivity index (χ3v) is 3.43. The van der Waals surface area contributed by atoms with E-state index in [-0.39, 0.29) is 5.97 Å². The lowest BCUT2D eigenvalue weighted by atomic mass is 9.97. The van der Waals surface area contributed by atoms with E-state index in [4.69, 9.17) is 21.1 Å². The minimum Gasteiger partial charge on any atom is -0.464 e. The molecule has 0 amide bonds. The molecule has 0 spiro atoms. The number of hydrogen-bond acceptors (Lipinski definition) is 3. The molecule has 98 valence electrons. The Morgan fingerprint density at radius 2 is 2.11 bits per heavy atom. The molecule has 0 radical (unpaired) electrons. The van der Waals surface area contributed by atoms with Crippen molar-refractivity contribution in [3.05, 3.63) is 34.9 Å². The monoisotopic (exact) mass is 268 g/mol. The van der Waals surface area contributed by atoms with Gasteiger partial charge in [0.25, 0.3) is 0 Å². The number of benzene rings is 1. The number of halogens is 1. The Balaban J connectivity index is 1.95. The van der Waals surface area contributed by atoms with Gasteiger partial charge in [0.1, 0.15) is 5.60 Å². The number of esters is 1. The van der Waals surface area contributed by atoms with E-state index < -0.39 is 11.7 Å². The Bertz CT molecular complexity index is 429. The van der Waals surface area contributed by atoms with Crippen molar-refractivity contribution in [1.82, 2.24) is 0 Å². The maximum atomic E-state index is 11.8. The lowest BCUT2D eigenvalue weighted by Crippen LogP contribution is -2.19. The van der Waals surface area contributed by atoms with Gasteiger partial charge in [-0.1, -0.05) is 37.1 Å². The third kappa shape index (κ3) is 2.68. The molecule has 2 atom stereocenters. The second-order valence-electron chi connectivity index (χ2n) is 4.63.